The lowest BCUT2D eigenvalue weighted by Gasteiger charge is -2.15. The highest BCUT2D eigenvalue weighted by Crippen LogP contribution is 2.13. The van der Waals surface area contributed by atoms with Crippen molar-refractivity contribution < 1.29 is 0 Å². The number of terminal acetylenes is 1. The minimum absolute atomic E-state index is 1.13. The van der Waals surface area contributed by atoms with Crippen LogP contribution in [0.1, 0.15) is 13.8 Å². The smallest absolute Gasteiger partial charge is 0.130 e. The Morgan fingerprint density at radius 1 is 1.56 bits per heavy atom. The summed E-state index contributed by atoms with van der Waals surface area (Å²) in [6.45, 7) is 8.07. The van der Waals surface area contributed by atoms with Crippen LogP contribution >= 0.6 is 0 Å². The van der Waals surface area contributed by atoms with Crippen molar-refractivity contribution in [1.29, 1.82) is 0 Å². The first-order valence-electron chi connectivity index (χ1n) is 3.36. The first-order chi connectivity index (χ1) is 4.24. The first kappa shape index (κ1) is 8.52. The van der Waals surface area contributed by atoms with E-state index in [1.807, 2.05) is 5.70 Å². The Morgan fingerprint density at radius 3 is 2.00 bits per heavy atom. The molecule has 0 nitrogen and oxygen atoms in total. The number of hydrogen-bond acceptors (Lipinski definition) is 0. The van der Waals surface area contributed by atoms with Gasteiger partial charge in [0.15, 0.2) is 8.07 Å². The molecule has 0 N–H and O–H groups in total. The summed E-state index contributed by atoms with van der Waals surface area (Å²) in [5.41, 5.74) is 4.89. The maximum Gasteiger partial charge on any atom is 0.160 e. The molecule has 0 atom stereocenters. The van der Waals surface area contributed by atoms with Crippen LogP contribution < -0.4 is 0 Å². The molecule has 0 rings (SSSR count). The van der Waals surface area contributed by atoms with Gasteiger partial charge < -0.3 is 0 Å². The molecule has 0 aromatic heterocycles. The van der Waals surface area contributed by atoms with Crippen molar-refractivity contribution in [3.8, 4) is 12.0 Å². The van der Waals surface area contributed by atoms with Gasteiger partial charge >= 0.3 is 0 Å². The lowest BCUT2D eigenvalue weighted by molar-refractivity contribution is 1.30. The van der Waals surface area contributed by atoms with Crippen LogP contribution in [0.4, 0.5) is 0 Å². The molecule has 0 bridgehead atoms. The summed E-state index contributed by atoms with van der Waals surface area (Å²) in [5, 5.41) is 0. The van der Waals surface area contributed by atoms with Gasteiger partial charge in [-0.25, -0.2) is 0 Å². The monoisotopic (exact) mass is 138 g/mol. The molecule has 50 valence electrons. The molecule has 0 unspecified atom stereocenters. The van der Waals surface area contributed by atoms with E-state index < -0.39 is 8.07 Å². The Hall–Kier alpha value is -0.483. The molecule has 0 amide bonds. The largest absolute Gasteiger partial charge is 0.160 e. The SMILES string of the molecule is C#C[Si](C=C)(CC)CC. The van der Waals surface area contributed by atoms with Gasteiger partial charge in [-0.05, 0) is 12.1 Å². The fraction of sp³-hybridized carbons (Fsp3) is 0.500. The van der Waals surface area contributed by atoms with Crippen LogP contribution in [-0.4, -0.2) is 8.07 Å². The predicted molar refractivity (Wildman–Crippen MR) is 45.7 cm³/mol. The van der Waals surface area contributed by atoms with Gasteiger partial charge in [0.05, 0.1) is 0 Å². The van der Waals surface area contributed by atoms with Crippen molar-refractivity contribution in [2.24, 2.45) is 0 Å². The summed E-state index contributed by atoms with van der Waals surface area (Å²) in [4.78, 5) is 0. The second-order valence-electron chi connectivity index (χ2n) is 2.21. The maximum absolute atomic E-state index is 5.38. The molecule has 0 aliphatic carbocycles. The Kier molecular flexibility index (Phi) is 3.34. The molecule has 0 aromatic carbocycles. The maximum atomic E-state index is 5.38. The van der Waals surface area contributed by atoms with Gasteiger partial charge in [-0.3, -0.25) is 0 Å². The Balaban J connectivity index is 4.21. The van der Waals surface area contributed by atoms with Gasteiger partial charge in [0.1, 0.15) is 0 Å². The standard InChI is InChI=1S/C8H14Si/c1-5-9(6-2,7-3)8-4/h1,6H,2,7-8H2,3-4H3. The summed E-state index contributed by atoms with van der Waals surface area (Å²) < 4.78 is 0. The van der Waals surface area contributed by atoms with Crippen LogP contribution in [0.5, 0.6) is 0 Å². The van der Waals surface area contributed by atoms with E-state index >= 15 is 0 Å². The van der Waals surface area contributed by atoms with Crippen LogP contribution in [0, 0.1) is 12.0 Å². The van der Waals surface area contributed by atoms with Crippen molar-refractivity contribution in [2.75, 3.05) is 0 Å². The van der Waals surface area contributed by atoms with Crippen LogP contribution in [0.15, 0.2) is 12.3 Å². The van der Waals surface area contributed by atoms with Gasteiger partial charge in [0, 0.05) is 0 Å². The van der Waals surface area contributed by atoms with Gasteiger partial charge in [-0.15, -0.1) is 18.5 Å². The molecular weight excluding hydrogens is 124 g/mol. The van der Waals surface area contributed by atoms with Gasteiger partial charge in [0.25, 0.3) is 0 Å². The minimum Gasteiger partial charge on any atom is -0.130 e. The summed E-state index contributed by atoms with van der Waals surface area (Å²) >= 11 is 0. The average molecular weight is 138 g/mol. The highest BCUT2D eigenvalue weighted by Gasteiger charge is 2.21. The summed E-state index contributed by atoms with van der Waals surface area (Å²) in [6.07, 6.45) is 5.38. The second-order valence-corrected chi connectivity index (χ2v) is 6.64. The molecule has 1 heteroatoms. The zero-order chi connectivity index (χ0) is 7.33. The van der Waals surface area contributed by atoms with E-state index in [9.17, 15) is 0 Å². The quantitative estimate of drug-likeness (QED) is 0.415. The Bertz CT molecular complexity index is 126. The van der Waals surface area contributed by atoms with Gasteiger partial charge in [-0.2, -0.15) is 0 Å². The Morgan fingerprint density at radius 2 is 2.00 bits per heavy atom. The normalized spacial score (nSPS) is 10.3. The number of rotatable bonds is 3. The van der Waals surface area contributed by atoms with E-state index in [2.05, 4.69) is 26.0 Å². The molecule has 0 aromatic rings. The lowest BCUT2D eigenvalue weighted by Crippen LogP contribution is -2.27. The molecule has 9 heavy (non-hydrogen) atoms. The zero-order valence-corrected chi connectivity index (χ0v) is 7.28. The van der Waals surface area contributed by atoms with Crippen LogP contribution in [0.3, 0.4) is 0 Å². The topological polar surface area (TPSA) is 0 Å². The van der Waals surface area contributed by atoms with Crippen molar-refractivity contribution in [1.82, 2.24) is 0 Å². The predicted octanol–water partition coefficient (Wildman–Crippen LogP) is 2.37. The summed E-state index contributed by atoms with van der Waals surface area (Å²) in [6, 6.07) is 2.26. The van der Waals surface area contributed by atoms with Crippen LogP contribution in [0.2, 0.25) is 12.1 Å². The highest BCUT2D eigenvalue weighted by atomic mass is 28.3. The molecule has 0 saturated heterocycles. The van der Waals surface area contributed by atoms with Crippen molar-refractivity contribution in [3.63, 3.8) is 0 Å². The average Bonchev–Trinajstić information content (AvgIpc) is 1.95. The van der Waals surface area contributed by atoms with Crippen LogP contribution in [0.25, 0.3) is 0 Å². The summed E-state index contributed by atoms with van der Waals surface area (Å²) in [5.74, 6) is 0. The molecule has 0 aliphatic heterocycles. The Labute approximate surface area is 59.0 Å². The molecule has 0 heterocycles. The van der Waals surface area contributed by atoms with E-state index in [1.165, 1.54) is 0 Å². The number of hydrogen-bond donors (Lipinski definition) is 0. The third-order valence-electron chi connectivity index (χ3n) is 1.94. The molecular formula is C8H14Si. The van der Waals surface area contributed by atoms with Crippen molar-refractivity contribution in [3.05, 3.63) is 12.3 Å². The van der Waals surface area contributed by atoms with Crippen molar-refractivity contribution >= 4 is 8.07 Å². The van der Waals surface area contributed by atoms with E-state index in [1.54, 1.807) is 0 Å². The zero-order valence-electron chi connectivity index (χ0n) is 6.28. The third-order valence-corrected chi connectivity index (χ3v) is 5.82. The van der Waals surface area contributed by atoms with Gasteiger partial charge in [-0.1, -0.05) is 19.5 Å². The minimum atomic E-state index is -1.40. The van der Waals surface area contributed by atoms with E-state index in [0.717, 1.165) is 12.1 Å². The molecule has 0 radical (unpaired) electrons. The molecule has 0 saturated carbocycles. The van der Waals surface area contributed by atoms with E-state index in [-0.39, 0.29) is 0 Å². The fourth-order valence-electron chi connectivity index (χ4n) is 0.802. The first-order valence-corrected chi connectivity index (χ1v) is 5.85. The third kappa shape index (κ3) is 1.72. The molecule has 0 aliphatic rings. The fourth-order valence-corrected chi connectivity index (χ4v) is 2.41. The molecule has 0 fully saturated rings. The second kappa shape index (κ2) is 3.52. The lowest BCUT2D eigenvalue weighted by atomic mass is 10.9. The van der Waals surface area contributed by atoms with E-state index in [0.29, 0.717) is 0 Å². The van der Waals surface area contributed by atoms with E-state index in [4.69, 9.17) is 6.42 Å². The van der Waals surface area contributed by atoms with Crippen molar-refractivity contribution in [2.45, 2.75) is 25.9 Å². The van der Waals surface area contributed by atoms with Crippen LogP contribution in [-0.2, 0) is 0 Å². The summed E-state index contributed by atoms with van der Waals surface area (Å²) in [7, 11) is -1.40. The molecule has 0 spiro atoms. The highest BCUT2D eigenvalue weighted by molar-refractivity contribution is 6.91. The van der Waals surface area contributed by atoms with Gasteiger partial charge in [0.2, 0.25) is 0 Å².